The molecule has 0 amide bonds. The predicted octanol–water partition coefficient (Wildman–Crippen LogP) is 3.27. The normalized spacial score (nSPS) is 13.6. The SMILES string of the molecule is CCCCS(=O)c1sc2nc(-c3nccs3)cc(C(N=CN)=NC)c2c1N. The molecular weight excluding hydrogens is 400 g/mol. The van der Waals surface area contributed by atoms with Gasteiger partial charge in [0, 0.05) is 35.3 Å². The molecule has 3 rings (SSSR count). The Balaban J connectivity index is 2.25. The summed E-state index contributed by atoms with van der Waals surface area (Å²) in [6, 6.07) is 1.86. The van der Waals surface area contributed by atoms with Gasteiger partial charge in [0.2, 0.25) is 0 Å². The van der Waals surface area contributed by atoms with E-state index in [1.807, 2.05) is 11.4 Å². The van der Waals surface area contributed by atoms with Crippen LogP contribution in [-0.4, -0.2) is 39.2 Å². The number of nitrogens with zero attached hydrogens (tertiary/aromatic N) is 4. The first-order chi connectivity index (χ1) is 13.1. The van der Waals surface area contributed by atoms with Crippen LogP contribution in [-0.2, 0) is 10.8 Å². The Labute approximate surface area is 167 Å². The molecule has 1 atom stereocenters. The molecule has 0 bridgehead atoms. The molecule has 0 radical (unpaired) electrons. The Morgan fingerprint density at radius 2 is 2.26 bits per heavy atom. The lowest BCUT2D eigenvalue weighted by molar-refractivity contribution is 0.681. The van der Waals surface area contributed by atoms with Crippen LogP contribution in [0.2, 0.25) is 0 Å². The number of hydrogen-bond acceptors (Lipinski definition) is 7. The van der Waals surface area contributed by atoms with Crippen LogP contribution in [0.3, 0.4) is 0 Å². The van der Waals surface area contributed by atoms with E-state index in [4.69, 9.17) is 16.5 Å². The predicted molar refractivity (Wildman–Crippen MR) is 116 cm³/mol. The largest absolute Gasteiger partial charge is 0.396 e. The maximum Gasteiger partial charge on any atom is 0.156 e. The number of amidine groups is 1. The Bertz CT molecular complexity index is 1020. The molecule has 10 heteroatoms. The Kier molecular flexibility index (Phi) is 6.30. The van der Waals surface area contributed by atoms with Gasteiger partial charge in [-0.2, -0.15) is 0 Å². The number of anilines is 1. The number of unbranched alkanes of at least 4 members (excludes halogenated alkanes) is 1. The van der Waals surface area contributed by atoms with Crippen molar-refractivity contribution in [2.45, 2.75) is 24.0 Å². The summed E-state index contributed by atoms with van der Waals surface area (Å²) < 4.78 is 13.4. The number of aromatic nitrogens is 2. The first-order valence-electron chi connectivity index (χ1n) is 8.33. The second kappa shape index (κ2) is 8.68. The van der Waals surface area contributed by atoms with E-state index in [-0.39, 0.29) is 0 Å². The van der Waals surface area contributed by atoms with E-state index in [2.05, 4.69) is 21.9 Å². The number of pyridine rings is 1. The fraction of sp³-hybridized carbons (Fsp3) is 0.294. The van der Waals surface area contributed by atoms with E-state index in [1.54, 1.807) is 13.2 Å². The van der Waals surface area contributed by atoms with E-state index >= 15 is 0 Å². The first kappa shape index (κ1) is 19.6. The third kappa shape index (κ3) is 3.92. The molecular formula is C17H20N6OS3. The summed E-state index contributed by atoms with van der Waals surface area (Å²) in [5.41, 5.74) is 13.8. The highest BCUT2D eigenvalue weighted by atomic mass is 32.2. The first-order valence-corrected chi connectivity index (χ1v) is 11.3. The fourth-order valence-corrected chi connectivity index (χ4v) is 5.99. The van der Waals surface area contributed by atoms with Gasteiger partial charge in [0.25, 0.3) is 0 Å². The fourth-order valence-electron chi connectivity index (χ4n) is 2.59. The van der Waals surface area contributed by atoms with Gasteiger partial charge in [0.05, 0.1) is 22.8 Å². The number of rotatable bonds is 6. The molecule has 3 aromatic heterocycles. The van der Waals surface area contributed by atoms with Crippen LogP contribution in [0.15, 0.2) is 31.8 Å². The van der Waals surface area contributed by atoms with Crippen molar-refractivity contribution >= 4 is 61.6 Å². The molecule has 3 heterocycles. The standard InChI is InChI=1S/C17H20N6OS3/c1-3-4-7-27(24)17-13(19)12-10(14(20-2)22-9-18)8-11(23-16(12)26-17)15-21-5-6-25-15/h5-6,8-9H,3-4,7,19H2,1-2H3,(H2,18,20,22). The smallest absolute Gasteiger partial charge is 0.156 e. The van der Waals surface area contributed by atoms with E-state index in [1.165, 1.54) is 29.0 Å². The van der Waals surface area contributed by atoms with Crippen molar-refractivity contribution in [2.24, 2.45) is 15.7 Å². The van der Waals surface area contributed by atoms with Crippen LogP contribution in [0.1, 0.15) is 25.3 Å². The summed E-state index contributed by atoms with van der Waals surface area (Å²) in [4.78, 5) is 18.1. The van der Waals surface area contributed by atoms with E-state index in [0.717, 1.165) is 17.8 Å². The van der Waals surface area contributed by atoms with Gasteiger partial charge in [-0.25, -0.2) is 15.0 Å². The number of hydrogen-bond donors (Lipinski definition) is 2. The minimum Gasteiger partial charge on any atom is -0.396 e. The Hall–Kier alpha value is -2.17. The summed E-state index contributed by atoms with van der Waals surface area (Å²) in [6.45, 7) is 2.07. The molecule has 0 fully saturated rings. The lowest BCUT2D eigenvalue weighted by Crippen LogP contribution is -2.04. The van der Waals surface area contributed by atoms with Crippen molar-refractivity contribution in [3.8, 4) is 10.7 Å². The molecule has 3 aromatic rings. The Morgan fingerprint density at radius 1 is 1.44 bits per heavy atom. The number of aliphatic imine (C=N–C) groups is 2. The maximum absolute atomic E-state index is 12.7. The van der Waals surface area contributed by atoms with Crippen LogP contribution in [0, 0.1) is 0 Å². The van der Waals surface area contributed by atoms with Crippen LogP contribution in [0.5, 0.6) is 0 Å². The van der Waals surface area contributed by atoms with Crippen LogP contribution in [0.25, 0.3) is 20.9 Å². The number of nitrogen functional groups attached to an aromatic ring is 1. The van der Waals surface area contributed by atoms with E-state index in [9.17, 15) is 4.21 Å². The van der Waals surface area contributed by atoms with Crippen LogP contribution >= 0.6 is 22.7 Å². The monoisotopic (exact) mass is 420 g/mol. The summed E-state index contributed by atoms with van der Waals surface area (Å²) in [5.74, 6) is 1.02. The third-order valence-corrected chi connectivity index (χ3v) is 7.65. The zero-order valence-electron chi connectivity index (χ0n) is 15.0. The molecule has 0 aliphatic carbocycles. The molecule has 142 valence electrons. The van der Waals surface area contributed by atoms with Gasteiger partial charge in [-0.1, -0.05) is 13.3 Å². The van der Waals surface area contributed by atoms with Crippen LogP contribution in [0.4, 0.5) is 5.69 Å². The number of fused-ring (bicyclic) bond motifs is 1. The average molecular weight is 421 g/mol. The molecule has 0 spiro atoms. The van der Waals surface area contributed by atoms with Gasteiger partial charge in [-0.15, -0.1) is 22.7 Å². The second-order valence-corrected chi connectivity index (χ2v) is 9.26. The minimum atomic E-state index is -1.16. The lowest BCUT2D eigenvalue weighted by Gasteiger charge is -2.06. The minimum absolute atomic E-state index is 0.443. The summed E-state index contributed by atoms with van der Waals surface area (Å²) in [5, 5.41) is 3.39. The van der Waals surface area contributed by atoms with Crippen molar-refractivity contribution in [1.82, 2.24) is 9.97 Å². The van der Waals surface area contributed by atoms with Crippen molar-refractivity contribution in [2.75, 3.05) is 18.5 Å². The van der Waals surface area contributed by atoms with Crippen molar-refractivity contribution in [3.63, 3.8) is 0 Å². The highest BCUT2D eigenvalue weighted by molar-refractivity contribution is 7.87. The van der Waals surface area contributed by atoms with Gasteiger partial charge in [-0.05, 0) is 12.5 Å². The number of thiophene rings is 1. The van der Waals surface area contributed by atoms with Gasteiger partial charge in [-0.3, -0.25) is 9.20 Å². The molecule has 4 N–H and O–H groups in total. The van der Waals surface area contributed by atoms with Crippen LogP contribution < -0.4 is 11.5 Å². The summed E-state index contributed by atoms with van der Waals surface area (Å²) in [7, 11) is 0.479. The molecule has 0 aliphatic rings. The number of nitrogens with two attached hydrogens (primary N) is 2. The summed E-state index contributed by atoms with van der Waals surface area (Å²) in [6.07, 6.45) is 4.78. The quantitative estimate of drug-likeness (QED) is 0.468. The maximum atomic E-state index is 12.7. The Morgan fingerprint density at radius 3 is 2.89 bits per heavy atom. The van der Waals surface area contributed by atoms with Gasteiger partial charge in [0.15, 0.2) is 5.84 Å². The highest BCUT2D eigenvalue weighted by Gasteiger charge is 2.22. The van der Waals surface area contributed by atoms with Gasteiger partial charge < -0.3 is 11.5 Å². The molecule has 0 aromatic carbocycles. The lowest BCUT2D eigenvalue weighted by atomic mass is 10.1. The molecule has 27 heavy (non-hydrogen) atoms. The summed E-state index contributed by atoms with van der Waals surface area (Å²) >= 11 is 2.85. The third-order valence-electron chi connectivity index (χ3n) is 3.86. The van der Waals surface area contributed by atoms with Crippen molar-refractivity contribution in [1.29, 1.82) is 0 Å². The van der Waals surface area contributed by atoms with Crippen molar-refractivity contribution < 1.29 is 4.21 Å². The van der Waals surface area contributed by atoms with E-state index < -0.39 is 10.8 Å². The second-order valence-electron chi connectivity index (χ2n) is 5.60. The van der Waals surface area contributed by atoms with Gasteiger partial charge >= 0.3 is 0 Å². The van der Waals surface area contributed by atoms with Crippen molar-refractivity contribution in [3.05, 3.63) is 23.2 Å². The molecule has 1 unspecified atom stereocenters. The molecule has 0 saturated carbocycles. The molecule has 0 saturated heterocycles. The van der Waals surface area contributed by atoms with E-state index in [0.29, 0.717) is 43.0 Å². The van der Waals surface area contributed by atoms with Gasteiger partial charge in [0.1, 0.15) is 19.7 Å². The topological polar surface area (TPSA) is 120 Å². The number of thiazole rings is 1. The highest BCUT2D eigenvalue weighted by Crippen LogP contribution is 2.39. The zero-order valence-corrected chi connectivity index (χ0v) is 17.5. The molecule has 7 nitrogen and oxygen atoms in total. The average Bonchev–Trinajstić information content (AvgIpc) is 3.32. The zero-order chi connectivity index (χ0) is 19.4. The molecule has 0 aliphatic heterocycles.